The van der Waals surface area contributed by atoms with Crippen LogP contribution in [0.25, 0.3) is 0 Å². The van der Waals surface area contributed by atoms with Crippen molar-refractivity contribution in [3.63, 3.8) is 0 Å². The maximum atomic E-state index is 12.1. The standard InChI is InChI=1S/C15H20N2O3/c16-13-10-5-3-7-20-15(10)14(13)17-12(19)8-9-4-1-2-6-11(9)18/h1-2,4,6,10,13-15,18H,3,5,7-8,16H2,(H,17,19). The van der Waals surface area contributed by atoms with Crippen molar-refractivity contribution in [2.75, 3.05) is 6.61 Å². The molecule has 4 N–H and O–H groups in total. The number of hydrogen-bond acceptors (Lipinski definition) is 4. The monoisotopic (exact) mass is 276 g/mol. The van der Waals surface area contributed by atoms with E-state index < -0.39 is 0 Å². The number of hydrogen-bond donors (Lipinski definition) is 3. The molecule has 108 valence electrons. The predicted molar refractivity (Wildman–Crippen MR) is 74.2 cm³/mol. The Morgan fingerprint density at radius 1 is 1.45 bits per heavy atom. The molecular formula is C15H20N2O3. The summed E-state index contributed by atoms with van der Waals surface area (Å²) in [7, 11) is 0. The van der Waals surface area contributed by atoms with Crippen LogP contribution in [0, 0.1) is 5.92 Å². The van der Waals surface area contributed by atoms with Crippen LogP contribution in [0.1, 0.15) is 18.4 Å². The summed E-state index contributed by atoms with van der Waals surface area (Å²) in [5, 5.41) is 12.6. The number of aromatic hydroxyl groups is 1. The Kier molecular flexibility index (Phi) is 3.63. The van der Waals surface area contributed by atoms with Gasteiger partial charge < -0.3 is 20.9 Å². The van der Waals surface area contributed by atoms with E-state index in [1.165, 1.54) is 0 Å². The molecule has 1 saturated carbocycles. The molecule has 2 fully saturated rings. The summed E-state index contributed by atoms with van der Waals surface area (Å²) in [6, 6.07) is 6.75. The van der Waals surface area contributed by atoms with E-state index in [0.717, 1.165) is 19.4 Å². The molecule has 2 aliphatic rings. The van der Waals surface area contributed by atoms with E-state index in [2.05, 4.69) is 5.32 Å². The van der Waals surface area contributed by atoms with Crippen LogP contribution in [-0.2, 0) is 16.0 Å². The number of phenolic OH excluding ortho intramolecular Hbond substituents is 1. The highest BCUT2D eigenvalue weighted by Gasteiger charge is 2.50. The number of fused-ring (bicyclic) bond motifs is 1. The van der Waals surface area contributed by atoms with Gasteiger partial charge in [0.25, 0.3) is 0 Å². The van der Waals surface area contributed by atoms with Crippen LogP contribution in [0.3, 0.4) is 0 Å². The molecule has 0 radical (unpaired) electrons. The van der Waals surface area contributed by atoms with E-state index in [-0.39, 0.29) is 36.3 Å². The van der Waals surface area contributed by atoms with Crippen LogP contribution < -0.4 is 11.1 Å². The first-order valence-electron chi connectivity index (χ1n) is 7.10. The second-order valence-electron chi connectivity index (χ2n) is 5.62. The minimum Gasteiger partial charge on any atom is -0.508 e. The molecule has 0 spiro atoms. The van der Waals surface area contributed by atoms with Gasteiger partial charge in [0.15, 0.2) is 0 Å². The Labute approximate surface area is 118 Å². The molecule has 4 atom stereocenters. The van der Waals surface area contributed by atoms with Gasteiger partial charge in [-0.3, -0.25) is 4.79 Å². The number of nitrogens with two attached hydrogens (primary N) is 1. The van der Waals surface area contributed by atoms with Crippen LogP contribution >= 0.6 is 0 Å². The summed E-state index contributed by atoms with van der Waals surface area (Å²) >= 11 is 0. The van der Waals surface area contributed by atoms with Crippen molar-refractivity contribution in [2.24, 2.45) is 11.7 Å². The van der Waals surface area contributed by atoms with Gasteiger partial charge in [0.2, 0.25) is 5.91 Å². The molecule has 0 bridgehead atoms. The molecule has 5 heteroatoms. The number of carbonyl (C=O) groups excluding carboxylic acids is 1. The number of para-hydroxylation sites is 1. The van der Waals surface area contributed by atoms with Crippen molar-refractivity contribution >= 4 is 5.91 Å². The van der Waals surface area contributed by atoms with E-state index in [1.807, 2.05) is 0 Å². The molecule has 1 saturated heterocycles. The summed E-state index contributed by atoms with van der Waals surface area (Å²) in [5.41, 5.74) is 6.73. The fraction of sp³-hybridized carbons (Fsp3) is 0.533. The third kappa shape index (κ3) is 2.39. The first-order valence-corrected chi connectivity index (χ1v) is 7.10. The minimum atomic E-state index is -0.125. The molecule has 1 aromatic rings. The SMILES string of the molecule is NC1C2CCCOC2C1NC(=O)Cc1ccccc1O. The van der Waals surface area contributed by atoms with Gasteiger partial charge in [-0.1, -0.05) is 18.2 Å². The fourth-order valence-corrected chi connectivity index (χ4v) is 3.20. The smallest absolute Gasteiger partial charge is 0.224 e. The van der Waals surface area contributed by atoms with Gasteiger partial charge in [0.05, 0.1) is 18.6 Å². The predicted octanol–water partition coefficient (Wildman–Crippen LogP) is 0.556. The van der Waals surface area contributed by atoms with Crippen molar-refractivity contribution in [1.82, 2.24) is 5.32 Å². The van der Waals surface area contributed by atoms with E-state index in [0.29, 0.717) is 11.5 Å². The molecule has 1 aliphatic heterocycles. The number of phenols is 1. The zero-order valence-corrected chi connectivity index (χ0v) is 11.3. The zero-order chi connectivity index (χ0) is 14.1. The van der Waals surface area contributed by atoms with Crippen molar-refractivity contribution in [2.45, 2.75) is 37.5 Å². The van der Waals surface area contributed by atoms with Gasteiger partial charge in [-0.05, 0) is 18.9 Å². The number of carbonyl (C=O) groups is 1. The quantitative estimate of drug-likeness (QED) is 0.753. The third-order valence-corrected chi connectivity index (χ3v) is 4.35. The molecule has 1 aromatic carbocycles. The number of nitrogens with one attached hydrogen (secondary N) is 1. The highest BCUT2D eigenvalue weighted by molar-refractivity contribution is 5.79. The lowest BCUT2D eigenvalue weighted by Crippen LogP contribution is -2.72. The van der Waals surface area contributed by atoms with Crippen LogP contribution in [0.4, 0.5) is 0 Å². The van der Waals surface area contributed by atoms with Gasteiger partial charge in [-0.25, -0.2) is 0 Å². The second-order valence-corrected chi connectivity index (χ2v) is 5.62. The molecular weight excluding hydrogens is 256 g/mol. The normalized spacial score (nSPS) is 32.0. The first kappa shape index (κ1) is 13.4. The molecule has 4 unspecified atom stereocenters. The van der Waals surface area contributed by atoms with Crippen molar-refractivity contribution in [3.05, 3.63) is 29.8 Å². The third-order valence-electron chi connectivity index (χ3n) is 4.35. The average Bonchev–Trinajstić information content (AvgIpc) is 2.47. The van der Waals surface area contributed by atoms with Gasteiger partial charge in [-0.15, -0.1) is 0 Å². The maximum absolute atomic E-state index is 12.1. The lowest BCUT2D eigenvalue weighted by molar-refractivity contribution is -0.138. The van der Waals surface area contributed by atoms with Crippen LogP contribution in [0.5, 0.6) is 5.75 Å². The van der Waals surface area contributed by atoms with E-state index in [1.54, 1.807) is 24.3 Å². The maximum Gasteiger partial charge on any atom is 0.224 e. The van der Waals surface area contributed by atoms with E-state index in [9.17, 15) is 9.90 Å². The molecule has 0 aromatic heterocycles. The second kappa shape index (κ2) is 5.42. The highest BCUT2D eigenvalue weighted by Crippen LogP contribution is 2.37. The summed E-state index contributed by atoms with van der Waals surface area (Å²) in [6.45, 7) is 0.750. The Morgan fingerprint density at radius 2 is 2.25 bits per heavy atom. The Morgan fingerprint density at radius 3 is 3.05 bits per heavy atom. The topological polar surface area (TPSA) is 84.6 Å². The Balaban J connectivity index is 1.58. The number of rotatable bonds is 3. The zero-order valence-electron chi connectivity index (χ0n) is 11.3. The fourth-order valence-electron chi connectivity index (χ4n) is 3.20. The van der Waals surface area contributed by atoms with Crippen molar-refractivity contribution in [1.29, 1.82) is 0 Å². The van der Waals surface area contributed by atoms with Crippen LogP contribution in [0.15, 0.2) is 24.3 Å². The highest BCUT2D eigenvalue weighted by atomic mass is 16.5. The lowest BCUT2D eigenvalue weighted by atomic mass is 9.68. The van der Waals surface area contributed by atoms with E-state index in [4.69, 9.17) is 10.5 Å². The first-order chi connectivity index (χ1) is 9.66. The molecule has 1 aliphatic carbocycles. The van der Waals surface area contributed by atoms with Crippen molar-refractivity contribution < 1.29 is 14.6 Å². The van der Waals surface area contributed by atoms with Crippen molar-refractivity contribution in [3.8, 4) is 5.75 Å². The minimum absolute atomic E-state index is 0.0198. The van der Waals surface area contributed by atoms with Crippen LogP contribution in [-0.4, -0.2) is 35.8 Å². The average molecular weight is 276 g/mol. The Hall–Kier alpha value is -1.59. The largest absolute Gasteiger partial charge is 0.508 e. The molecule has 3 rings (SSSR count). The summed E-state index contributed by atoms with van der Waals surface area (Å²) in [5.74, 6) is 0.395. The van der Waals surface area contributed by atoms with E-state index >= 15 is 0 Å². The number of amides is 1. The van der Waals surface area contributed by atoms with Gasteiger partial charge in [0.1, 0.15) is 5.75 Å². The molecule has 1 heterocycles. The molecule has 5 nitrogen and oxygen atoms in total. The van der Waals surface area contributed by atoms with Gasteiger partial charge in [-0.2, -0.15) is 0 Å². The summed E-state index contributed by atoms with van der Waals surface area (Å²) < 4.78 is 5.69. The summed E-state index contributed by atoms with van der Waals surface area (Å²) in [6.07, 6.45) is 2.35. The number of benzene rings is 1. The molecule has 20 heavy (non-hydrogen) atoms. The van der Waals surface area contributed by atoms with Crippen LogP contribution in [0.2, 0.25) is 0 Å². The lowest BCUT2D eigenvalue weighted by Gasteiger charge is -2.52. The van der Waals surface area contributed by atoms with Gasteiger partial charge >= 0.3 is 0 Å². The number of ether oxygens (including phenoxy) is 1. The van der Waals surface area contributed by atoms with Gasteiger partial charge in [0, 0.05) is 24.1 Å². The molecule has 1 amide bonds. The summed E-state index contributed by atoms with van der Waals surface area (Å²) in [4.78, 5) is 12.1. The Bertz CT molecular complexity index is 506.